The van der Waals surface area contributed by atoms with Gasteiger partial charge in [0.15, 0.2) is 23.0 Å². The van der Waals surface area contributed by atoms with Crippen LogP contribution in [0.3, 0.4) is 0 Å². The van der Waals surface area contributed by atoms with Crippen LogP contribution < -0.4 is 18.9 Å². The molecular formula is C39H50O5. The highest BCUT2D eigenvalue weighted by atomic mass is 16.7. The largest absolute Gasteiger partial charge is 0.454 e. The van der Waals surface area contributed by atoms with Gasteiger partial charge in [-0.1, -0.05) is 87.8 Å². The van der Waals surface area contributed by atoms with Crippen LogP contribution in [-0.2, 0) is 4.79 Å². The Kier molecular flexibility index (Phi) is 10.3. The predicted molar refractivity (Wildman–Crippen MR) is 175 cm³/mol. The minimum Gasteiger partial charge on any atom is -0.454 e. The van der Waals surface area contributed by atoms with Crippen molar-refractivity contribution in [3.63, 3.8) is 0 Å². The van der Waals surface area contributed by atoms with Gasteiger partial charge in [-0.15, -0.1) is 0 Å². The van der Waals surface area contributed by atoms with Crippen LogP contribution in [0.25, 0.3) is 0 Å². The zero-order chi connectivity index (χ0) is 30.3. The summed E-state index contributed by atoms with van der Waals surface area (Å²) >= 11 is 0. The number of fused-ring (bicyclic) bond motifs is 2. The molecule has 0 aromatic heterocycles. The average molecular weight is 599 g/mol. The van der Waals surface area contributed by atoms with Crippen LogP contribution in [0.1, 0.15) is 127 Å². The molecule has 0 radical (unpaired) electrons. The minimum atomic E-state index is -0.0570. The molecule has 4 atom stereocenters. The van der Waals surface area contributed by atoms with Crippen molar-refractivity contribution in [2.75, 3.05) is 13.6 Å². The van der Waals surface area contributed by atoms with E-state index in [4.69, 9.17) is 18.9 Å². The molecule has 0 amide bonds. The van der Waals surface area contributed by atoms with Crippen LogP contribution >= 0.6 is 0 Å². The summed E-state index contributed by atoms with van der Waals surface area (Å²) < 4.78 is 22.6. The van der Waals surface area contributed by atoms with Gasteiger partial charge in [0, 0.05) is 11.8 Å². The Morgan fingerprint density at radius 3 is 1.52 bits per heavy atom. The van der Waals surface area contributed by atoms with E-state index in [0.29, 0.717) is 17.6 Å². The summed E-state index contributed by atoms with van der Waals surface area (Å²) in [5.41, 5.74) is 5.45. The summed E-state index contributed by atoms with van der Waals surface area (Å²) in [6, 6.07) is 12.8. The predicted octanol–water partition coefficient (Wildman–Crippen LogP) is 10.2. The van der Waals surface area contributed by atoms with Crippen molar-refractivity contribution in [2.45, 2.75) is 116 Å². The van der Waals surface area contributed by atoms with Gasteiger partial charge in [-0.3, -0.25) is 4.79 Å². The smallest absolute Gasteiger partial charge is 0.231 e. The van der Waals surface area contributed by atoms with Gasteiger partial charge in [-0.25, -0.2) is 0 Å². The van der Waals surface area contributed by atoms with Crippen LogP contribution in [0.15, 0.2) is 59.7 Å². The van der Waals surface area contributed by atoms with E-state index in [1.165, 1.54) is 73.6 Å². The zero-order valence-electron chi connectivity index (χ0n) is 26.8. The van der Waals surface area contributed by atoms with E-state index in [0.717, 1.165) is 61.5 Å². The summed E-state index contributed by atoms with van der Waals surface area (Å²) in [7, 11) is 0. The molecule has 2 aromatic carbocycles. The Labute approximate surface area is 264 Å². The molecule has 0 saturated carbocycles. The van der Waals surface area contributed by atoms with Crippen LogP contribution in [0.2, 0.25) is 0 Å². The van der Waals surface area contributed by atoms with Crippen LogP contribution in [0.4, 0.5) is 0 Å². The Hall–Kier alpha value is -3.21. The fourth-order valence-corrected chi connectivity index (χ4v) is 7.70. The SMILES string of the molecule is CCCCCCC1=CC(C(=O)C2C=C(CCCCCC)CC(c3ccc4c(c3)OCO4)C2)CC(c2ccc3c(c2)OCO3)C1. The van der Waals surface area contributed by atoms with Gasteiger partial charge >= 0.3 is 0 Å². The summed E-state index contributed by atoms with van der Waals surface area (Å²) in [5, 5.41) is 0. The first-order valence-corrected chi connectivity index (χ1v) is 17.3. The van der Waals surface area contributed by atoms with E-state index in [1.54, 1.807) is 0 Å². The molecule has 4 aliphatic rings. The Balaban J connectivity index is 1.24. The van der Waals surface area contributed by atoms with Gasteiger partial charge < -0.3 is 18.9 Å². The molecule has 5 nitrogen and oxygen atoms in total. The molecule has 0 saturated heterocycles. The Bertz CT molecular complexity index is 1250. The van der Waals surface area contributed by atoms with Crippen molar-refractivity contribution in [3.05, 3.63) is 70.8 Å². The van der Waals surface area contributed by atoms with E-state index >= 15 is 0 Å². The molecule has 0 bridgehead atoms. The third-order valence-electron chi connectivity index (χ3n) is 10.1. The van der Waals surface area contributed by atoms with Crippen molar-refractivity contribution >= 4 is 5.78 Å². The van der Waals surface area contributed by atoms with E-state index in [2.05, 4.69) is 50.3 Å². The molecule has 5 heteroatoms. The van der Waals surface area contributed by atoms with Gasteiger partial charge in [0.1, 0.15) is 5.78 Å². The minimum absolute atomic E-state index is 0.0570. The first-order valence-electron chi connectivity index (χ1n) is 17.3. The topological polar surface area (TPSA) is 54.0 Å². The Morgan fingerprint density at radius 1 is 0.614 bits per heavy atom. The van der Waals surface area contributed by atoms with Crippen LogP contribution in [-0.4, -0.2) is 19.4 Å². The number of ketones is 1. The van der Waals surface area contributed by atoms with Crippen molar-refractivity contribution in [2.24, 2.45) is 11.8 Å². The second-order valence-electron chi connectivity index (χ2n) is 13.4. The van der Waals surface area contributed by atoms with Gasteiger partial charge in [-0.05, 0) is 98.6 Å². The highest BCUT2D eigenvalue weighted by Gasteiger charge is 2.35. The standard InChI is InChI=1S/C39H50O5/c1-3-5-7-9-11-27-17-31(29-13-15-35-37(23-29)43-25-41-35)21-33(19-27)39(40)34-20-28(12-10-8-6-4-2)18-32(22-34)30-14-16-36-38(24-30)44-26-42-36/h13-16,19-20,23-24,31-34H,3-12,17-18,21-22,25-26H2,1-2H3. The highest BCUT2D eigenvalue weighted by Crippen LogP contribution is 2.46. The van der Waals surface area contributed by atoms with E-state index in [1.807, 2.05) is 12.1 Å². The highest BCUT2D eigenvalue weighted by molar-refractivity contribution is 5.87. The molecule has 4 unspecified atom stereocenters. The number of benzene rings is 2. The lowest BCUT2D eigenvalue weighted by atomic mass is 9.70. The monoisotopic (exact) mass is 598 g/mol. The maximum absolute atomic E-state index is 14.5. The van der Waals surface area contributed by atoms with Gasteiger partial charge in [0.05, 0.1) is 0 Å². The number of hydrogen-bond donors (Lipinski definition) is 0. The number of carbonyl (C=O) groups excluding carboxylic acids is 1. The average Bonchev–Trinajstić information content (AvgIpc) is 3.73. The van der Waals surface area contributed by atoms with Crippen molar-refractivity contribution in [1.82, 2.24) is 0 Å². The summed E-state index contributed by atoms with van der Waals surface area (Å²) in [6.45, 7) is 5.09. The van der Waals surface area contributed by atoms with Crippen molar-refractivity contribution in [3.8, 4) is 23.0 Å². The lowest BCUT2D eigenvalue weighted by Gasteiger charge is -2.33. The molecule has 44 heavy (non-hydrogen) atoms. The fraction of sp³-hybridized carbons (Fsp3) is 0.564. The lowest BCUT2D eigenvalue weighted by Crippen LogP contribution is -2.29. The maximum atomic E-state index is 14.5. The number of Topliss-reactive ketones (excluding diaryl/α,β-unsaturated/α-hetero) is 1. The second kappa shape index (κ2) is 14.7. The number of ether oxygens (including phenoxy) is 4. The molecule has 0 spiro atoms. The zero-order valence-corrected chi connectivity index (χ0v) is 26.8. The number of carbonyl (C=O) groups is 1. The van der Waals surface area contributed by atoms with Gasteiger partial charge in [0.2, 0.25) is 13.6 Å². The quantitative estimate of drug-likeness (QED) is 0.160. The molecule has 2 aliphatic heterocycles. The molecule has 0 fully saturated rings. The van der Waals surface area contributed by atoms with Crippen LogP contribution in [0, 0.1) is 11.8 Å². The lowest BCUT2D eigenvalue weighted by molar-refractivity contribution is -0.125. The van der Waals surface area contributed by atoms with Crippen molar-refractivity contribution < 1.29 is 23.7 Å². The molecular weight excluding hydrogens is 548 g/mol. The molecule has 236 valence electrons. The molecule has 0 N–H and O–H groups in total. The van der Waals surface area contributed by atoms with E-state index in [-0.39, 0.29) is 25.4 Å². The maximum Gasteiger partial charge on any atom is 0.231 e. The van der Waals surface area contributed by atoms with Crippen molar-refractivity contribution in [1.29, 1.82) is 0 Å². The molecule has 2 aliphatic carbocycles. The number of hydrogen-bond acceptors (Lipinski definition) is 5. The Morgan fingerprint density at radius 2 is 1.07 bits per heavy atom. The van der Waals surface area contributed by atoms with E-state index in [9.17, 15) is 4.79 Å². The molecule has 2 aromatic rings. The van der Waals surface area contributed by atoms with Gasteiger partial charge in [-0.2, -0.15) is 0 Å². The third kappa shape index (κ3) is 7.35. The number of rotatable bonds is 14. The summed E-state index contributed by atoms with van der Waals surface area (Å²) in [5.74, 6) is 4.22. The first kappa shape index (κ1) is 30.8. The normalized spacial score (nSPS) is 23.8. The number of allylic oxidation sites excluding steroid dienone is 4. The summed E-state index contributed by atoms with van der Waals surface area (Å²) in [6.07, 6.45) is 20.6. The van der Waals surface area contributed by atoms with Gasteiger partial charge in [0.25, 0.3) is 0 Å². The summed E-state index contributed by atoms with van der Waals surface area (Å²) in [4.78, 5) is 14.5. The van der Waals surface area contributed by atoms with E-state index < -0.39 is 0 Å². The fourth-order valence-electron chi connectivity index (χ4n) is 7.70. The third-order valence-corrected chi connectivity index (χ3v) is 10.1. The van der Waals surface area contributed by atoms with Crippen LogP contribution in [0.5, 0.6) is 23.0 Å². The molecule has 6 rings (SSSR count). The first-order chi connectivity index (χ1) is 21.6. The number of unbranched alkanes of at least 4 members (excludes halogenated alkanes) is 6. The second-order valence-corrected chi connectivity index (χ2v) is 13.4. The molecule has 2 heterocycles.